The number of nitrogens with zero attached hydrogens (tertiary/aromatic N) is 3. The van der Waals surface area contributed by atoms with E-state index < -0.39 is 0 Å². The lowest BCUT2D eigenvalue weighted by Gasteiger charge is -2.31. The van der Waals surface area contributed by atoms with Crippen molar-refractivity contribution in [3.8, 4) is 0 Å². The first-order chi connectivity index (χ1) is 9.11. The zero-order chi connectivity index (χ0) is 13.8. The summed E-state index contributed by atoms with van der Waals surface area (Å²) in [4.78, 5) is 25.4. The topological polar surface area (TPSA) is 55.2 Å². The average molecular weight is 281 g/mol. The number of aromatic nitrogens is 2. The highest BCUT2D eigenvalue weighted by Crippen LogP contribution is 2.21. The lowest BCUT2D eigenvalue weighted by atomic mass is 9.99. The van der Waals surface area contributed by atoms with E-state index in [4.69, 9.17) is 0 Å². The zero-order valence-corrected chi connectivity index (χ0v) is 12.2. The average Bonchev–Trinajstić information content (AvgIpc) is 2.42. The fourth-order valence-corrected chi connectivity index (χ4v) is 3.12. The fraction of sp³-hybridized carbons (Fsp3) is 0.615. The molecule has 1 saturated heterocycles. The molecule has 0 bridgehead atoms. The molecule has 2 rings (SSSR count). The summed E-state index contributed by atoms with van der Waals surface area (Å²) in [5, 5.41) is 4.01. The minimum Gasteiger partial charge on any atom is -0.337 e. The van der Waals surface area contributed by atoms with Crippen LogP contribution in [0.4, 0.5) is 0 Å². The Morgan fingerprint density at radius 1 is 1.42 bits per heavy atom. The van der Waals surface area contributed by atoms with Crippen molar-refractivity contribution in [1.82, 2.24) is 14.7 Å². The van der Waals surface area contributed by atoms with Gasteiger partial charge in [0.2, 0.25) is 0 Å². The van der Waals surface area contributed by atoms with Gasteiger partial charge in [-0.25, -0.2) is 4.68 Å². The summed E-state index contributed by atoms with van der Waals surface area (Å²) in [5.41, 5.74) is 0.153. The van der Waals surface area contributed by atoms with Gasteiger partial charge in [-0.2, -0.15) is 16.9 Å². The van der Waals surface area contributed by atoms with Gasteiger partial charge in [0.25, 0.3) is 11.5 Å². The van der Waals surface area contributed by atoms with Crippen molar-refractivity contribution in [3.63, 3.8) is 0 Å². The second kappa shape index (κ2) is 6.23. The van der Waals surface area contributed by atoms with E-state index in [-0.39, 0.29) is 11.5 Å². The van der Waals surface area contributed by atoms with Crippen LogP contribution in [0.2, 0.25) is 0 Å². The Morgan fingerprint density at radius 3 is 2.68 bits per heavy atom. The maximum absolute atomic E-state index is 12.3. The third kappa shape index (κ3) is 3.37. The number of piperidine rings is 1. The van der Waals surface area contributed by atoms with Gasteiger partial charge in [-0.15, -0.1) is 0 Å². The van der Waals surface area contributed by atoms with E-state index in [1.54, 1.807) is 7.05 Å². The van der Waals surface area contributed by atoms with Crippen LogP contribution in [-0.4, -0.2) is 45.7 Å². The predicted octanol–water partition coefficient (Wildman–Crippen LogP) is 0.996. The van der Waals surface area contributed by atoms with Gasteiger partial charge in [-0.05, 0) is 36.8 Å². The van der Waals surface area contributed by atoms with E-state index in [1.165, 1.54) is 22.6 Å². The molecule has 19 heavy (non-hydrogen) atoms. The van der Waals surface area contributed by atoms with Gasteiger partial charge < -0.3 is 4.90 Å². The molecule has 6 heteroatoms. The monoisotopic (exact) mass is 281 g/mol. The molecule has 2 heterocycles. The summed E-state index contributed by atoms with van der Waals surface area (Å²) in [5.74, 6) is 1.81. The molecule has 0 N–H and O–H groups in total. The molecule has 1 fully saturated rings. The number of hydrogen-bond acceptors (Lipinski definition) is 4. The van der Waals surface area contributed by atoms with E-state index in [1.807, 2.05) is 16.7 Å². The first-order valence-electron chi connectivity index (χ1n) is 6.44. The van der Waals surface area contributed by atoms with Crippen molar-refractivity contribution in [3.05, 3.63) is 28.2 Å². The smallest absolute Gasteiger partial charge is 0.274 e. The molecule has 5 nitrogen and oxygen atoms in total. The number of aryl methyl sites for hydroxylation is 1. The molecule has 104 valence electrons. The summed E-state index contributed by atoms with van der Waals surface area (Å²) in [6.07, 6.45) is 4.22. The van der Waals surface area contributed by atoms with Crippen LogP contribution in [0.15, 0.2) is 16.9 Å². The lowest BCUT2D eigenvalue weighted by molar-refractivity contribution is 0.0690. The summed E-state index contributed by atoms with van der Waals surface area (Å²) >= 11 is 1.86. The van der Waals surface area contributed by atoms with E-state index in [0.717, 1.165) is 25.9 Å². The van der Waals surface area contributed by atoms with Crippen LogP contribution in [0.25, 0.3) is 0 Å². The molecule has 1 aromatic rings. The molecule has 0 saturated carbocycles. The van der Waals surface area contributed by atoms with Crippen LogP contribution in [0, 0.1) is 5.92 Å². The minimum absolute atomic E-state index is 0.0711. The Morgan fingerprint density at radius 2 is 2.11 bits per heavy atom. The van der Waals surface area contributed by atoms with Crippen molar-refractivity contribution < 1.29 is 4.79 Å². The number of carbonyl (C=O) groups excluding carboxylic acids is 1. The molecule has 0 spiro atoms. The van der Waals surface area contributed by atoms with Crippen LogP contribution in [0.5, 0.6) is 0 Å². The van der Waals surface area contributed by atoms with Crippen LogP contribution < -0.4 is 5.56 Å². The Bertz CT molecular complexity index is 507. The maximum Gasteiger partial charge on any atom is 0.274 e. The summed E-state index contributed by atoms with van der Waals surface area (Å²) in [6, 6.07) is 2.90. The maximum atomic E-state index is 12.3. The Balaban J connectivity index is 2.01. The standard InChI is InChI=1S/C13H19N3O2S/c1-15-12(17)4-3-11(14-15)13(18)16-7-5-10(6-8-16)9-19-2/h3-4,10H,5-9H2,1-2H3. The van der Waals surface area contributed by atoms with Gasteiger partial charge >= 0.3 is 0 Å². The molecule has 0 radical (unpaired) electrons. The number of likely N-dealkylation sites (tertiary alicyclic amines) is 1. The van der Waals surface area contributed by atoms with Gasteiger partial charge in [0.1, 0.15) is 5.69 Å². The second-order valence-electron chi connectivity index (χ2n) is 4.87. The van der Waals surface area contributed by atoms with Crippen LogP contribution in [-0.2, 0) is 7.05 Å². The first-order valence-corrected chi connectivity index (χ1v) is 7.83. The largest absolute Gasteiger partial charge is 0.337 e. The van der Waals surface area contributed by atoms with Crippen molar-refractivity contribution in [2.45, 2.75) is 12.8 Å². The van der Waals surface area contributed by atoms with Crippen LogP contribution in [0.3, 0.4) is 0 Å². The van der Waals surface area contributed by atoms with Gasteiger partial charge in [-0.3, -0.25) is 9.59 Å². The van der Waals surface area contributed by atoms with Gasteiger partial charge in [-0.1, -0.05) is 0 Å². The Hall–Kier alpha value is -1.30. The van der Waals surface area contributed by atoms with Crippen LogP contribution >= 0.6 is 11.8 Å². The van der Waals surface area contributed by atoms with Gasteiger partial charge in [0.15, 0.2) is 0 Å². The lowest BCUT2D eigenvalue weighted by Crippen LogP contribution is -2.40. The molecule has 0 aliphatic carbocycles. The number of rotatable bonds is 3. The van der Waals surface area contributed by atoms with E-state index >= 15 is 0 Å². The first kappa shape index (κ1) is 14.1. The third-order valence-electron chi connectivity index (χ3n) is 3.48. The minimum atomic E-state index is -0.199. The van der Waals surface area contributed by atoms with Crippen molar-refractivity contribution in [2.24, 2.45) is 13.0 Å². The van der Waals surface area contributed by atoms with E-state index in [2.05, 4.69) is 11.4 Å². The van der Waals surface area contributed by atoms with E-state index in [9.17, 15) is 9.59 Å². The molecule has 0 unspecified atom stereocenters. The third-order valence-corrected chi connectivity index (χ3v) is 4.29. The van der Waals surface area contributed by atoms with Crippen molar-refractivity contribution >= 4 is 17.7 Å². The second-order valence-corrected chi connectivity index (χ2v) is 5.78. The molecular weight excluding hydrogens is 262 g/mol. The number of hydrogen-bond donors (Lipinski definition) is 0. The molecular formula is C13H19N3O2S. The quantitative estimate of drug-likeness (QED) is 0.829. The number of carbonyl (C=O) groups is 1. The van der Waals surface area contributed by atoms with Gasteiger partial charge in [0, 0.05) is 26.2 Å². The zero-order valence-electron chi connectivity index (χ0n) is 11.3. The summed E-state index contributed by atoms with van der Waals surface area (Å²) in [7, 11) is 1.56. The van der Waals surface area contributed by atoms with E-state index in [0.29, 0.717) is 11.6 Å². The van der Waals surface area contributed by atoms with Crippen LogP contribution in [0.1, 0.15) is 23.3 Å². The highest BCUT2D eigenvalue weighted by Gasteiger charge is 2.24. The summed E-state index contributed by atoms with van der Waals surface area (Å²) in [6.45, 7) is 1.57. The van der Waals surface area contributed by atoms with Crippen molar-refractivity contribution in [1.29, 1.82) is 0 Å². The molecule has 0 aromatic carbocycles. The summed E-state index contributed by atoms with van der Waals surface area (Å²) < 4.78 is 1.20. The normalized spacial score (nSPS) is 16.6. The van der Waals surface area contributed by atoms with Crippen molar-refractivity contribution in [2.75, 3.05) is 25.1 Å². The van der Waals surface area contributed by atoms with Gasteiger partial charge in [0.05, 0.1) is 0 Å². The molecule has 1 aliphatic heterocycles. The Kier molecular flexibility index (Phi) is 4.63. The predicted molar refractivity (Wildman–Crippen MR) is 76.5 cm³/mol. The highest BCUT2D eigenvalue weighted by atomic mass is 32.2. The molecule has 0 atom stereocenters. The molecule has 1 aliphatic rings. The number of thioether (sulfide) groups is 1. The molecule has 1 aromatic heterocycles. The fourth-order valence-electron chi connectivity index (χ4n) is 2.32. The Labute approximate surface area is 117 Å². The SMILES string of the molecule is CSCC1CCN(C(=O)c2ccc(=O)n(C)n2)CC1. The highest BCUT2D eigenvalue weighted by molar-refractivity contribution is 7.98. The number of amides is 1. The molecule has 1 amide bonds.